The largest absolute Gasteiger partial charge is 0.321 e. The summed E-state index contributed by atoms with van der Waals surface area (Å²) in [6, 6.07) is 9.49. The number of fused-ring (bicyclic) bond motifs is 1. The van der Waals surface area contributed by atoms with Crippen molar-refractivity contribution < 1.29 is 0 Å². The number of rotatable bonds is 3. The van der Waals surface area contributed by atoms with E-state index in [0.29, 0.717) is 11.6 Å². The summed E-state index contributed by atoms with van der Waals surface area (Å²) in [7, 11) is 0. The van der Waals surface area contributed by atoms with Crippen molar-refractivity contribution in [2.75, 3.05) is 0 Å². The number of hydrogen-bond acceptors (Lipinski definition) is 3. The van der Waals surface area contributed by atoms with Gasteiger partial charge in [-0.05, 0) is 31.2 Å². The molecule has 0 aliphatic rings. The molecule has 3 rings (SSSR count). The predicted molar refractivity (Wildman–Crippen MR) is 80.1 cm³/mol. The third kappa shape index (κ3) is 2.37. The molecule has 0 fully saturated rings. The molecule has 0 spiro atoms. The first-order valence-electron chi connectivity index (χ1n) is 6.22. The van der Waals surface area contributed by atoms with Crippen LogP contribution in [0.5, 0.6) is 0 Å². The van der Waals surface area contributed by atoms with Gasteiger partial charge in [0.1, 0.15) is 11.3 Å². The molecule has 0 saturated carbocycles. The lowest BCUT2D eigenvalue weighted by Gasteiger charge is -2.09. The molecule has 102 valence electrons. The van der Waals surface area contributed by atoms with Gasteiger partial charge in [0.05, 0.1) is 28.2 Å². The Morgan fingerprint density at radius 1 is 1.25 bits per heavy atom. The Kier molecular flexibility index (Phi) is 3.59. The van der Waals surface area contributed by atoms with Gasteiger partial charge in [-0.3, -0.25) is 0 Å². The molecular weight excluding hydrogens is 295 g/mol. The molecule has 0 bridgehead atoms. The number of aromatic nitrogens is 4. The van der Waals surface area contributed by atoms with Gasteiger partial charge in [-0.15, -0.1) is 11.6 Å². The minimum atomic E-state index is -0.213. The van der Waals surface area contributed by atoms with Gasteiger partial charge in [0, 0.05) is 6.20 Å². The maximum absolute atomic E-state index is 6.24. The van der Waals surface area contributed by atoms with Crippen LogP contribution in [0.2, 0.25) is 5.02 Å². The van der Waals surface area contributed by atoms with Crippen LogP contribution in [0.3, 0.4) is 0 Å². The van der Waals surface area contributed by atoms with Gasteiger partial charge in [-0.25, -0.2) is 4.98 Å². The number of halogens is 2. The highest BCUT2D eigenvalue weighted by atomic mass is 35.5. The van der Waals surface area contributed by atoms with E-state index in [2.05, 4.69) is 15.2 Å². The van der Waals surface area contributed by atoms with Crippen molar-refractivity contribution in [1.29, 1.82) is 0 Å². The standard InChI is InChI=1S/C14H12Cl2N4/c1-9(15)14-18-13-11(16)5-2-6-12(13)20(14)8-10-4-3-7-17-19-10/h2-7,9H,8H2,1H3. The molecule has 2 aromatic heterocycles. The lowest BCUT2D eigenvalue weighted by Crippen LogP contribution is -2.07. The van der Waals surface area contributed by atoms with Gasteiger partial charge < -0.3 is 4.57 Å². The summed E-state index contributed by atoms with van der Waals surface area (Å²) in [4.78, 5) is 4.56. The lowest BCUT2D eigenvalue weighted by molar-refractivity contribution is 0.715. The Labute approximate surface area is 126 Å². The predicted octanol–water partition coefficient (Wildman–Crippen LogP) is 3.83. The monoisotopic (exact) mass is 306 g/mol. The van der Waals surface area contributed by atoms with E-state index in [1.54, 1.807) is 6.20 Å². The second-order valence-electron chi connectivity index (χ2n) is 4.49. The minimum absolute atomic E-state index is 0.213. The number of para-hydroxylation sites is 1. The first-order valence-corrected chi connectivity index (χ1v) is 7.03. The van der Waals surface area contributed by atoms with E-state index in [4.69, 9.17) is 23.2 Å². The highest BCUT2D eigenvalue weighted by Gasteiger charge is 2.17. The van der Waals surface area contributed by atoms with Crippen LogP contribution in [-0.2, 0) is 6.54 Å². The topological polar surface area (TPSA) is 43.6 Å². The summed E-state index contributed by atoms with van der Waals surface area (Å²) < 4.78 is 2.03. The molecule has 1 unspecified atom stereocenters. The SMILES string of the molecule is CC(Cl)c1nc2c(Cl)cccc2n1Cc1cccnn1. The average Bonchev–Trinajstić information content (AvgIpc) is 2.81. The van der Waals surface area contributed by atoms with Crippen LogP contribution >= 0.6 is 23.2 Å². The van der Waals surface area contributed by atoms with Gasteiger partial charge >= 0.3 is 0 Å². The van der Waals surface area contributed by atoms with E-state index < -0.39 is 0 Å². The van der Waals surface area contributed by atoms with E-state index in [9.17, 15) is 0 Å². The molecule has 0 aliphatic heterocycles. The van der Waals surface area contributed by atoms with E-state index >= 15 is 0 Å². The molecule has 0 amide bonds. The summed E-state index contributed by atoms with van der Waals surface area (Å²) in [6.07, 6.45) is 1.65. The van der Waals surface area contributed by atoms with E-state index in [0.717, 1.165) is 22.6 Å². The van der Waals surface area contributed by atoms with Crippen LogP contribution in [0.25, 0.3) is 11.0 Å². The Morgan fingerprint density at radius 2 is 2.10 bits per heavy atom. The summed E-state index contributed by atoms with van der Waals surface area (Å²) in [5, 5.41) is 8.41. The quantitative estimate of drug-likeness (QED) is 0.691. The first kappa shape index (κ1) is 13.3. The maximum atomic E-state index is 6.24. The minimum Gasteiger partial charge on any atom is -0.321 e. The van der Waals surface area contributed by atoms with Crippen molar-refractivity contribution >= 4 is 34.2 Å². The van der Waals surface area contributed by atoms with Crippen LogP contribution in [-0.4, -0.2) is 19.7 Å². The van der Waals surface area contributed by atoms with Gasteiger partial charge in [-0.1, -0.05) is 17.7 Å². The fourth-order valence-electron chi connectivity index (χ4n) is 2.18. The third-order valence-electron chi connectivity index (χ3n) is 3.06. The molecule has 1 atom stereocenters. The molecule has 6 heteroatoms. The van der Waals surface area contributed by atoms with Gasteiger partial charge in [0.15, 0.2) is 0 Å². The molecule has 4 nitrogen and oxygen atoms in total. The van der Waals surface area contributed by atoms with Crippen molar-refractivity contribution in [1.82, 2.24) is 19.7 Å². The van der Waals surface area contributed by atoms with Crippen molar-refractivity contribution in [3.05, 3.63) is 53.1 Å². The van der Waals surface area contributed by atoms with Crippen LogP contribution in [0, 0.1) is 0 Å². The highest BCUT2D eigenvalue weighted by molar-refractivity contribution is 6.35. The second-order valence-corrected chi connectivity index (χ2v) is 5.56. The molecule has 0 radical (unpaired) electrons. The number of alkyl halides is 1. The molecule has 1 aromatic carbocycles. The number of hydrogen-bond donors (Lipinski definition) is 0. The Bertz CT molecular complexity index is 738. The zero-order valence-corrected chi connectivity index (χ0v) is 12.3. The number of nitrogens with zero attached hydrogens (tertiary/aromatic N) is 4. The van der Waals surface area contributed by atoms with Crippen LogP contribution in [0.15, 0.2) is 36.5 Å². The Morgan fingerprint density at radius 3 is 2.80 bits per heavy atom. The third-order valence-corrected chi connectivity index (χ3v) is 3.56. The zero-order valence-electron chi connectivity index (χ0n) is 10.8. The fraction of sp³-hybridized carbons (Fsp3) is 0.214. The molecule has 2 heterocycles. The Hall–Kier alpha value is -1.65. The number of benzene rings is 1. The van der Waals surface area contributed by atoms with E-state index in [1.807, 2.05) is 41.8 Å². The zero-order chi connectivity index (χ0) is 14.1. The summed E-state index contributed by atoms with van der Waals surface area (Å²) in [6.45, 7) is 2.46. The van der Waals surface area contributed by atoms with Crippen molar-refractivity contribution in [2.24, 2.45) is 0 Å². The van der Waals surface area contributed by atoms with Crippen molar-refractivity contribution in [3.63, 3.8) is 0 Å². The van der Waals surface area contributed by atoms with Crippen LogP contribution in [0.4, 0.5) is 0 Å². The number of imidazole rings is 1. The normalized spacial score (nSPS) is 12.8. The van der Waals surface area contributed by atoms with E-state index in [1.165, 1.54) is 0 Å². The van der Waals surface area contributed by atoms with Gasteiger partial charge in [-0.2, -0.15) is 10.2 Å². The van der Waals surface area contributed by atoms with Crippen molar-refractivity contribution in [3.8, 4) is 0 Å². The highest BCUT2D eigenvalue weighted by Crippen LogP contribution is 2.29. The first-order chi connectivity index (χ1) is 9.66. The molecule has 0 N–H and O–H groups in total. The lowest BCUT2D eigenvalue weighted by atomic mass is 10.3. The molecular formula is C14H12Cl2N4. The summed E-state index contributed by atoms with van der Waals surface area (Å²) >= 11 is 12.4. The van der Waals surface area contributed by atoms with E-state index in [-0.39, 0.29) is 5.38 Å². The smallest absolute Gasteiger partial charge is 0.128 e. The average molecular weight is 307 g/mol. The summed E-state index contributed by atoms with van der Waals surface area (Å²) in [5.74, 6) is 0.778. The molecule has 0 saturated heterocycles. The Balaban J connectivity index is 2.17. The fourth-order valence-corrected chi connectivity index (χ4v) is 2.56. The maximum Gasteiger partial charge on any atom is 0.128 e. The molecule has 20 heavy (non-hydrogen) atoms. The summed E-state index contributed by atoms with van der Waals surface area (Å²) in [5.41, 5.74) is 2.57. The van der Waals surface area contributed by atoms with Crippen LogP contribution in [0.1, 0.15) is 23.8 Å². The van der Waals surface area contributed by atoms with Crippen molar-refractivity contribution in [2.45, 2.75) is 18.8 Å². The van der Waals surface area contributed by atoms with Crippen LogP contribution < -0.4 is 0 Å². The molecule has 0 aliphatic carbocycles. The second kappa shape index (κ2) is 5.38. The molecule has 3 aromatic rings. The van der Waals surface area contributed by atoms with Gasteiger partial charge in [0.25, 0.3) is 0 Å². The van der Waals surface area contributed by atoms with Gasteiger partial charge in [0.2, 0.25) is 0 Å².